The molecule has 1 saturated heterocycles. The predicted octanol–water partition coefficient (Wildman–Crippen LogP) is 1.80. The highest BCUT2D eigenvalue weighted by Crippen LogP contribution is 2.59. The average molecular weight is 371 g/mol. The lowest BCUT2D eigenvalue weighted by molar-refractivity contribution is -0.123. The van der Waals surface area contributed by atoms with Crippen molar-refractivity contribution in [2.24, 2.45) is 11.3 Å². The van der Waals surface area contributed by atoms with Gasteiger partial charge in [-0.15, -0.1) is 0 Å². The Bertz CT molecular complexity index is 902. The number of carbonyl (C=O) groups is 1. The van der Waals surface area contributed by atoms with Crippen LogP contribution in [0.3, 0.4) is 0 Å². The number of sulfonamides is 1. The van der Waals surface area contributed by atoms with Crippen molar-refractivity contribution in [1.82, 2.24) is 14.6 Å². The van der Waals surface area contributed by atoms with Crippen LogP contribution < -0.4 is 5.32 Å². The summed E-state index contributed by atoms with van der Waals surface area (Å²) < 4.78 is 27.0. The van der Waals surface area contributed by atoms with Gasteiger partial charge in [0.2, 0.25) is 15.9 Å². The molecule has 136 valence electrons. The zero-order valence-electron chi connectivity index (χ0n) is 14.3. The lowest BCUT2D eigenvalue weighted by atomic mass is 10.0. The number of amides is 1. The van der Waals surface area contributed by atoms with Gasteiger partial charge in [-0.3, -0.25) is 9.78 Å². The van der Waals surface area contributed by atoms with Crippen LogP contribution in [0.4, 0.5) is 0 Å². The summed E-state index contributed by atoms with van der Waals surface area (Å²) in [5, 5.41) is 2.95. The molecule has 1 saturated carbocycles. The van der Waals surface area contributed by atoms with Gasteiger partial charge in [0.1, 0.15) is 0 Å². The van der Waals surface area contributed by atoms with E-state index in [2.05, 4.69) is 10.3 Å². The summed E-state index contributed by atoms with van der Waals surface area (Å²) in [5.74, 6) is -0.0945. The van der Waals surface area contributed by atoms with Crippen molar-refractivity contribution in [3.63, 3.8) is 0 Å². The van der Waals surface area contributed by atoms with Gasteiger partial charge in [0, 0.05) is 37.9 Å². The molecule has 1 aliphatic carbocycles. The summed E-state index contributed by atoms with van der Waals surface area (Å²) in [5.41, 5.74) is 0.760. The third-order valence-electron chi connectivity index (χ3n) is 5.43. The fraction of sp³-hybridized carbons (Fsp3) is 0.368. The SMILES string of the molecule is O=C(NCc1cccnc1)[C@H]1C[C@]12CCN(S(=O)(=O)c1ccccc1)C2. The number of benzene rings is 1. The summed E-state index contributed by atoms with van der Waals surface area (Å²) in [7, 11) is -3.48. The summed E-state index contributed by atoms with van der Waals surface area (Å²) in [6, 6.07) is 12.2. The highest BCUT2D eigenvalue weighted by molar-refractivity contribution is 7.89. The van der Waals surface area contributed by atoms with E-state index in [4.69, 9.17) is 0 Å². The van der Waals surface area contributed by atoms with Crippen LogP contribution >= 0.6 is 0 Å². The van der Waals surface area contributed by atoms with Crippen LogP contribution in [-0.4, -0.2) is 36.7 Å². The van der Waals surface area contributed by atoms with Crippen LogP contribution in [-0.2, 0) is 21.4 Å². The van der Waals surface area contributed by atoms with Crippen LogP contribution in [0.2, 0.25) is 0 Å². The van der Waals surface area contributed by atoms with Gasteiger partial charge >= 0.3 is 0 Å². The number of nitrogens with one attached hydrogen (secondary N) is 1. The topological polar surface area (TPSA) is 79.4 Å². The summed E-state index contributed by atoms with van der Waals surface area (Å²) in [4.78, 5) is 16.8. The van der Waals surface area contributed by atoms with Crippen LogP contribution in [0.5, 0.6) is 0 Å². The minimum Gasteiger partial charge on any atom is -0.352 e. The summed E-state index contributed by atoms with van der Waals surface area (Å²) in [6.45, 7) is 1.35. The molecule has 1 aliphatic heterocycles. The maximum Gasteiger partial charge on any atom is 0.243 e. The molecule has 2 aromatic rings. The highest BCUT2D eigenvalue weighted by Gasteiger charge is 2.62. The van der Waals surface area contributed by atoms with Crippen molar-refractivity contribution < 1.29 is 13.2 Å². The standard InChI is InChI=1S/C19H21N3O3S/c23-18(21-13-15-5-4-9-20-12-15)17-11-19(17)8-10-22(14-19)26(24,25)16-6-2-1-3-7-16/h1-7,9,12,17H,8,10-11,13-14H2,(H,21,23)/t17-,19+/m1/s1. The number of nitrogens with zero attached hydrogens (tertiary/aromatic N) is 2. The third-order valence-corrected chi connectivity index (χ3v) is 7.29. The van der Waals surface area contributed by atoms with Crippen molar-refractivity contribution >= 4 is 15.9 Å². The Morgan fingerprint density at radius 1 is 1.23 bits per heavy atom. The second-order valence-electron chi connectivity index (χ2n) is 7.10. The van der Waals surface area contributed by atoms with Crippen molar-refractivity contribution in [2.45, 2.75) is 24.3 Å². The fourth-order valence-corrected chi connectivity index (χ4v) is 5.35. The Hall–Kier alpha value is -2.25. The van der Waals surface area contributed by atoms with E-state index in [0.29, 0.717) is 24.5 Å². The number of hydrogen-bond donors (Lipinski definition) is 1. The molecule has 2 heterocycles. The Kier molecular flexibility index (Phi) is 4.28. The molecule has 1 amide bonds. The number of pyridine rings is 1. The van der Waals surface area contributed by atoms with E-state index in [1.807, 2.05) is 12.1 Å². The van der Waals surface area contributed by atoms with Crippen LogP contribution in [0.15, 0.2) is 59.8 Å². The lowest BCUT2D eigenvalue weighted by Crippen LogP contribution is -2.31. The number of carbonyl (C=O) groups excluding carboxylic acids is 1. The molecule has 0 unspecified atom stereocenters. The van der Waals surface area contributed by atoms with Crippen LogP contribution in [0, 0.1) is 11.3 Å². The summed E-state index contributed by atoms with van der Waals surface area (Å²) >= 11 is 0. The zero-order chi connectivity index (χ0) is 18.2. The molecule has 0 radical (unpaired) electrons. The molecule has 6 nitrogen and oxygen atoms in total. The quantitative estimate of drug-likeness (QED) is 0.869. The molecule has 2 aliphatic rings. The minimum atomic E-state index is -3.48. The van der Waals surface area contributed by atoms with Gasteiger partial charge in [0.25, 0.3) is 0 Å². The molecular formula is C19H21N3O3S. The van der Waals surface area contributed by atoms with Crippen molar-refractivity contribution in [3.05, 3.63) is 60.4 Å². The zero-order valence-corrected chi connectivity index (χ0v) is 15.2. The second kappa shape index (κ2) is 6.48. The van der Waals surface area contributed by atoms with Crippen LogP contribution in [0.25, 0.3) is 0 Å². The average Bonchev–Trinajstić information content (AvgIpc) is 3.20. The van der Waals surface area contributed by atoms with Crippen molar-refractivity contribution in [3.8, 4) is 0 Å². The molecular weight excluding hydrogens is 350 g/mol. The largest absolute Gasteiger partial charge is 0.352 e. The highest BCUT2D eigenvalue weighted by atomic mass is 32.2. The first-order chi connectivity index (χ1) is 12.5. The minimum absolute atomic E-state index is 0.00723. The smallest absolute Gasteiger partial charge is 0.243 e. The van der Waals surface area contributed by atoms with Crippen molar-refractivity contribution in [1.29, 1.82) is 0 Å². The van der Waals surface area contributed by atoms with Gasteiger partial charge in [-0.05, 0) is 42.0 Å². The Balaban J connectivity index is 1.38. The molecule has 1 spiro atoms. The van der Waals surface area contributed by atoms with Crippen LogP contribution in [0.1, 0.15) is 18.4 Å². The van der Waals surface area contributed by atoms with Gasteiger partial charge in [-0.2, -0.15) is 4.31 Å². The monoisotopic (exact) mass is 371 g/mol. The van der Waals surface area contributed by atoms with E-state index in [0.717, 1.165) is 18.4 Å². The van der Waals surface area contributed by atoms with E-state index in [1.54, 1.807) is 42.7 Å². The van der Waals surface area contributed by atoms with Gasteiger partial charge in [-0.25, -0.2) is 8.42 Å². The number of aromatic nitrogens is 1. The van der Waals surface area contributed by atoms with E-state index in [-0.39, 0.29) is 17.2 Å². The molecule has 0 bridgehead atoms. The Labute approximate surface area is 153 Å². The van der Waals surface area contributed by atoms with Gasteiger partial charge < -0.3 is 5.32 Å². The van der Waals surface area contributed by atoms with E-state index in [9.17, 15) is 13.2 Å². The molecule has 1 aromatic carbocycles. The second-order valence-corrected chi connectivity index (χ2v) is 9.04. The first-order valence-corrected chi connectivity index (χ1v) is 10.2. The van der Waals surface area contributed by atoms with E-state index in [1.165, 1.54) is 4.31 Å². The molecule has 1 aromatic heterocycles. The predicted molar refractivity (Wildman–Crippen MR) is 96.4 cm³/mol. The van der Waals surface area contributed by atoms with E-state index >= 15 is 0 Å². The Morgan fingerprint density at radius 3 is 2.77 bits per heavy atom. The Morgan fingerprint density at radius 2 is 2.04 bits per heavy atom. The molecule has 4 rings (SSSR count). The fourth-order valence-electron chi connectivity index (χ4n) is 3.79. The van der Waals surface area contributed by atoms with Gasteiger partial charge in [0.05, 0.1) is 4.90 Å². The number of hydrogen-bond acceptors (Lipinski definition) is 4. The van der Waals surface area contributed by atoms with E-state index < -0.39 is 10.0 Å². The van der Waals surface area contributed by atoms with Crippen molar-refractivity contribution in [2.75, 3.05) is 13.1 Å². The molecule has 26 heavy (non-hydrogen) atoms. The maximum atomic E-state index is 12.8. The first kappa shape index (κ1) is 17.2. The first-order valence-electron chi connectivity index (χ1n) is 8.73. The lowest BCUT2D eigenvalue weighted by Gasteiger charge is -2.16. The third kappa shape index (κ3) is 3.12. The normalized spacial score (nSPS) is 25.3. The molecule has 2 atom stereocenters. The van der Waals surface area contributed by atoms with Gasteiger partial charge in [-0.1, -0.05) is 24.3 Å². The maximum absolute atomic E-state index is 12.8. The molecule has 1 N–H and O–H groups in total. The molecule has 7 heteroatoms. The summed E-state index contributed by atoms with van der Waals surface area (Å²) in [6.07, 6.45) is 4.92. The molecule has 2 fully saturated rings. The number of rotatable bonds is 5. The van der Waals surface area contributed by atoms with Gasteiger partial charge in [0.15, 0.2) is 0 Å².